The van der Waals surface area contributed by atoms with Gasteiger partial charge in [-0.15, -0.1) is 0 Å². The van der Waals surface area contributed by atoms with Crippen LogP contribution in [0.15, 0.2) is 12.1 Å². The second-order valence-corrected chi connectivity index (χ2v) is 4.14. The summed E-state index contributed by atoms with van der Waals surface area (Å²) in [5.41, 5.74) is 1.44. The zero-order valence-electron chi connectivity index (χ0n) is 9.25. The van der Waals surface area contributed by atoms with E-state index in [4.69, 9.17) is 11.6 Å². The Labute approximate surface area is 97.9 Å². The lowest BCUT2D eigenvalue weighted by Crippen LogP contribution is -2.12. The number of hydrogen-bond acceptors (Lipinski definition) is 3. The van der Waals surface area contributed by atoms with E-state index < -0.39 is 0 Å². The molecule has 0 amide bonds. The maximum Gasteiger partial charge on any atom is 0.224 e. The molecule has 0 atom stereocenters. The Balaban J connectivity index is 2.95. The van der Waals surface area contributed by atoms with E-state index in [9.17, 15) is 4.39 Å². The Morgan fingerprint density at radius 2 is 1.94 bits per heavy atom. The number of aromatic nitrogens is 2. The van der Waals surface area contributed by atoms with Crippen LogP contribution in [0, 0.1) is 12.7 Å². The second kappa shape index (κ2) is 3.87. The average molecular weight is 240 g/mol. The highest BCUT2D eigenvalue weighted by molar-refractivity contribution is 6.28. The van der Waals surface area contributed by atoms with E-state index in [2.05, 4.69) is 9.97 Å². The smallest absolute Gasteiger partial charge is 0.224 e. The highest BCUT2D eigenvalue weighted by atomic mass is 35.5. The molecule has 2 rings (SSSR count). The fourth-order valence-electron chi connectivity index (χ4n) is 1.61. The quantitative estimate of drug-likeness (QED) is 0.717. The Hall–Kier alpha value is -1.42. The second-order valence-electron chi connectivity index (χ2n) is 3.80. The summed E-state index contributed by atoms with van der Waals surface area (Å²) in [7, 11) is 3.58. The molecule has 1 aromatic heterocycles. The van der Waals surface area contributed by atoms with Gasteiger partial charge in [-0.1, -0.05) is 6.07 Å². The third kappa shape index (κ3) is 1.69. The molecule has 1 aromatic carbocycles. The fourth-order valence-corrected chi connectivity index (χ4v) is 1.78. The first-order valence-corrected chi connectivity index (χ1v) is 5.18. The molecule has 0 unspecified atom stereocenters. The van der Waals surface area contributed by atoms with Crippen molar-refractivity contribution < 1.29 is 4.39 Å². The molecule has 0 saturated carbocycles. The van der Waals surface area contributed by atoms with Crippen molar-refractivity contribution in [1.82, 2.24) is 9.97 Å². The molecule has 3 nitrogen and oxygen atoms in total. The molecular formula is C11H11ClFN3. The summed E-state index contributed by atoms with van der Waals surface area (Å²) >= 11 is 5.82. The van der Waals surface area contributed by atoms with E-state index in [1.807, 2.05) is 6.92 Å². The van der Waals surface area contributed by atoms with Gasteiger partial charge >= 0.3 is 0 Å². The predicted octanol–water partition coefficient (Wildman–Crippen LogP) is 2.80. The predicted molar refractivity (Wildman–Crippen MR) is 63.6 cm³/mol. The molecule has 0 spiro atoms. The van der Waals surface area contributed by atoms with E-state index >= 15 is 0 Å². The molecular weight excluding hydrogens is 229 g/mol. The minimum absolute atomic E-state index is 0.130. The van der Waals surface area contributed by atoms with Gasteiger partial charge in [0.15, 0.2) is 0 Å². The maximum absolute atomic E-state index is 13.8. The van der Waals surface area contributed by atoms with Crippen LogP contribution in [-0.4, -0.2) is 24.1 Å². The third-order valence-corrected chi connectivity index (χ3v) is 2.55. The molecule has 0 aliphatic rings. The molecule has 84 valence electrons. The van der Waals surface area contributed by atoms with Crippen LogP contribution >= 0.6 is 11.6 Å². The van der Waals surface area contributed by atoms with Gasteiger partial charge < -0.3 is 4.90 Å². The lowest BCUT2D eigenvalue weighted by molar-refractivity contribution is 0.638. The summed E-state index contributed by atoms with van der Waals surface area (Å²) in [6, 6.07) is 3.10. The Morgan fingerprint density at radius 1 is 1.25 bits per heavy atom. The van der Waals surface area contributed by atoms with Crippen molar-refractivity contribution in [3.05, 3.63) is 28.8 Å². The van der Waals surface area contributed by atoms with Crippen molar-refractivity contribution in [1.29, 1.82) is 0 Å². The number of benzene rings is 1. The van der Waals surface area contributed by atoms with Crippen LogP contribution in [-0.2, 0) is 0 Å². The van der Waals surface area contributed by atoms with Crippen LogP contribution in [0.1, 0.15) is 5.56 Å². The first kappa shape index (κ1) is 11.1. The minimum Gasteiger partial charge on any atom is -0.362 e. The Morgan fingerprint density at radius 3 is 2.56 bits per heavy atom. The molecule has 0 N–H and O–H groups in total. The van der Waals surface area contributed by atoms with Gasteiger partial charge in [-0.2, -0.15) is 4.98 Å². The van der Waals surface area contributed by atoms with Crippen LogP contribution in [0.3, 0.4) is 0 Å². The van der Waals surface area contributed by atoms with Crippen molar-refractivity contribution in [2.24, 2.45) is 0 Å². The molecule has 0 aliphatic carbocycles. The summed E-state index contributed by atoms with van der Waals surface area (Å²) < 4.78 is 13.8. The Kier molecular flexibility index (Phi) is 2.68. The summed E-state index contributed by atoms with van der Waals surface area (Å²) in [5, 5.41) is 0.541. The first-order chi connectivity index (χ1) is 7.50. The van der Waals surface area contributed by atoms with E-state index in [0.29, 0.717) is 16.7 Å². The standard InChI is InChI=1S/C11H11ClFN3/c1-6-4-5-7(13)8-9(6)14-11(12)15-10(8)16(2)3/h4-5H,1-3H3. The molecule has 2 aromatic rings. The summed E-state index contributed by atoms with van der Waals surface area (Å²) in [6.07, 6.45) is 0. The number of nitrogens with zero attached hydrogens (tertiary/aromatic N) is 3. The highest BCUT2D eigenvalue weighted by Gasteiger charge is 2.14. The average Bonchev–Trinajstić information content (AvgIpc) is 2.22. The first-order valence-electron chi connectivity index (χ1n) is 4.80. The van der Waals surface area contributed by atoms with Crippen molar-refractivity contribution in [3.8, 4) is 0 Å². The van der Waals surface area contributed by atoms with Gasteiger partial charge in [-0.05, 0) is 30.2 Å². The van der Waals surface area contributed by atoms with Crippen molar-refractivity contribution in [2.45, 2.75) is 6.92 Å². The molecule has 0 radical (unpaired) electrons. The zero-order chi connectivity index (χ0) is 11.9. The van der Waals surface area contributed by atoms with Crippen molar-refractivity contribution in [2.75, 3.05) is 19.0 Å². The Bertz CT molecular complexity index is 554. The molecule has 0 saturated heterocycles. The van der Waals surface area contributed by atoms with Crippen molar-refractivity contribution in [3.63, 3.8) is 0 Å². The molecule has 5 heteroatoms. The van der Waals surface area contributed by atoms with E-state index in [0.717, 1.165) is 5.56 Å². The van der Waals surface area contributed by atoms with E-state index in [1.165, 1.54) is 6.07 Å². The molecule has 1 heterocycles. The highest BCUT2D eigenvalue weighted by Crippen LogP contribution is 2.28. The van der Waals surface area contributed by atoms with Crippen LogP contribution in [0.2, 0.25) is 5.28 Å². The number of anilines is 1. The van der Waals surface area contributed by atoms with Crippen LogP contribution < -0.4 is 4.90 Å². The van der Waals surface area contributed by atoms with Crippen molar-refractivity contribution >= 4 is 28.3 Å². The van der Waals surface area contributed by atoms with E-state index in [-0.39, 0.29) is 11.1 Å². The fraction of sp³-hybridized carbons (Fsp3) is 0.273. The van der Waals surface area contributed by atoms with Crippen LogP contribution in [0.25, 0.3) is 10.9 Å². The summed E-state index contributed by atoms with van der Waals surface area (Å²) in [6.45, 7) is 1.87. The molecule has 0 bridgehead atoms. The lowest BCUT2D eigenvalue weighted by atomic mass is 10.1. The number of aryl methyl sites for hydroxylation is 1. The van der Waals surface area contributed by atoms with Gasteiger partial charge in [0.2, 0.25) is 5.28 Å². The molecule has 0 aliphatic heterocycles. The summed E-state index contributed by atoms with van der Waals surface area (Å²) in [5.74, 6) is 0.164. The minimum atomic E-state index is -0.332. The van der Waals surface area contributed by atoms with Gasteiger partial charge in [0.25, 0.3) is 0 Å². The number of halogens is 2. The topological polar surface area (TPSA) is 29.0 Å². The molecule has 16 heavy (non-hydrogen) atoms. The van der Waals surface area contributed by atoms with Crippen LogP contribution in [0.4, 0.5) is 10.2 Å². The normalized spacial score (nSPS) is 10.8. The van der Waals surface area contributed by atoms with Gasteiger partial charge in [0.1, 0.15) is 11.6 Å². The number of rotatable bonds is 1. The monoisotopic (exact) mass is 239 g/mol. The van der Waals surface area contributed by atoms with Gasteiger partial charge in [0.05, 0.1) is 10.9 Å². The third-order valence-electron chi connectivity index (χ3n) is 2.38. The van der Waals surface area contributed by atoms with Crippen LogP contribution in [0.5, 0.6) is 0 Å². The summed E-state index contributed by atoms with van der Waals surface area (Å²) in [4.78, 5) is 9.83. The SMILES string of the molecule is Cc1ccc(F)c2c(N(C)C)nc(Cl)nc12. The lowest BCUT2D eigenvalue weighted by Gasteiger charge is -2.15. The molecule has 0 fully saturated rings. The van der Waals surface area contributed by atoms with Gasteiger partial charge in [-0.25, -0.2) is 9.37 Å². The largest absolute Gasteiger partial charge is 0.362 e. The van der Waals surface area contributed by atoms with E-state index in [1.54, 1.807) is 25.1 Å². The zero-order valence-corrected chi connectivity index (χ0v) is 10.0. The van der Waals surface area contributed by atoms with Gasteiger partial charge in [0, 0.05) is 14.1 Å². The van der Waals surface area contributed by atoms with Gasteiger partial charge in [-0.3, -0.25) is 0 Å². The maximum atomic E-state index is 13.8. The number of hydrogen-bond donors (Lipinski definition) is 0. The number of fused-ring (bicyclic) bond motifs is 1.